The molecule has 0 aliphatic rings. The molecule has 6 nitrogen and oxygen atoms in total. The number of carbonyl (C=O) groups is 2. The van der Waals surface area contributed by atoms with Crippen LogP contribution < -0.4 is 14.8 Å². The number of benzene rings is 2. The van der Waals surface area contributed by atoms with Crippen molar-refractivity contribution < 1.29 is 19.1 Å². The van der Waals surface area contributed by atoms with Crippen molar-refractivity contribution in [3.05, 3.63) is 65.2 Å². The van der Waals surface area contributed by atoms with Gasteiger partial charge < -0.3 is 19.7 Å². The van der Waals surface area contributed by atoms with Crippen molar-refractivity contribution in [2.45, 2.75) is 6.54 Å². The normalized spacial score (nSPS) is 10.5. The van der Waals surface area contributed by atoms with Crippen molar-refractivity contribution in [1.82, 2.24) is 10.2 Å². The van der Waals surface area contributed by atoms with E-state index in [1.54, 1.807) is 57.5 Å². The van der Waals surface area contributed by atoms with Crippen LogP contribution in [0.15, 0.2) is 48.5 Å². The van der Waals surface area contributed by atoms with E-state index >= 15 is 0 Å². The Morgan fingerprint density at radius 2 is 1.78 bits per heavy atom. The van der Waals surface area contributed by atoms with Gasteiger partial charge in [0.05, 0.1) is 14.2 Å². The summed E-state index contributed by atoms with van der Waals surface area (Å²) in [4.78, 5) is 25.5. The van der Waals surface area contributed by atoms with Crippen LogP contribution in [0, 0.1) is 0 Å². The summed E-state index contributed by atoms with van der Waals surface area (Å²) in [5.74, 6) is 1.05. The van der Waals surface area contributed by atoms with Crippen LogP contribution in [0.2, 0.25) is 0 Å². The van der Waals surface area contributed by atoms with E-state index < -0.39 is 0 Å². The molecule has 0 aliphatic heterocycles. The first-order valence-corrected chi connectivity index (χ1v) is 8.44. The third-order valence-electron chi connectivity index (χ3n) is 4.09. The molecular formula is C21H24N2O4. The van der Waals surface area contributed by atoms with Gasteiger partial charge in [0.25, 0.3) is 5.91 Å². The zero-order chi connectivity index (χ0) is 19.8. The summed E-state index contributed by atoms with van der Waals surface area (Å²) in [6, 6.07) is 12.6. The van der Waals surface area contributed by atoms with Gasteiger partial charge in [-0.1, -0.05) is 12.1 Å². The molecule has 0 radical (unpaired) electrons. The molecule has 0 fully saturated rings. The standard InChI is InChI=1S/C21H24N2O4/c1-22-21(25)17-7-5-15(6-8-17)14-23(2)20(24)12-10-16-9-11-18(26-3)13-19(16)27-4/h5-13H,14H2,1-4H3,(H,22,25)/b12-10+. The van der Waals surface area contributed by atoms with Crippen LogP contribution in [-0.2, 0) is 11.3 Å². The summed E-state index contributed by atoms with van der Waals surface area (Å²) in [6.07, 6.45) is 3.22. The molecule has 142 valence electrons. The lowest BCUT2D eigenvalue weighted by atomic mass is 10.1. The third kappa shape index (κ3) is 5.34. The smallest absolute Gasteiger partial charge is 0.251 e. The first-order valence-electron chi connectivity index (χ1n) is 8.44. The van der Waals surface area contributed by atoms with E-state index in [0.717, 1.165) is 11.1 Å². The molecule has 0 aliphatic carbocycles. The molecule has 0 unspecified atom stereocenters. The second kappa shape index (κ2) is 9.43. The first kappa shape index (κ1) is 20.0. The number of hydrogen-bond donors (Lipinski definition) is 1. The molecule has 2 aromatic rings. The summed E-state index contributed by atoms with van der Waals surface area (Å²) in [7, 11) is 6.48. The van der Waals surface area contributed by atoms with Gasteiger partial charge in [0.1, 0.15) is 11.5 Å². The molecule has 0 bridgehead atoms. The molecule has 6 heteroatoms. The van der Waals surface area contributed by atoms with Crippen LogP contribution >= 0.6 is 0 Å². The Hall–Kier alpha value is -3.28. The van der Waals surface area contributed by atoms with Gasteiger partial charge in [-0.3, -0.25) is 9.59 Å². The molecule has 2 rings (SSSR count). The molecule has 2 aromatic carbocycles. The van der Waals surface area contributed by atoms with E-state index in [9.17, 15) is 9.59 Å². The molecule has 0 spiro atoms. The average molecular weight is 368 g/mol. The Bertz CT molecular complexity index is 829. The highest BCUT2D eigenvalue weighted by Crippen LogP contribution is 2.25. The third-order valence-corrected chi connectivity index (χ3v) is 4.09. The topological polar surface area (TPSA) is 67.9 Å². The van der Waals surface area contributed by atoms with E-state index in [1.165, 1.54) is 6.08 Å². The molecule has 1 N–H and O–H groups in total. The van der Waals surface area contributed by atoms with E-state index in [-0.39, 0.29) is 11.8 Å². The number of ether oxygens (including phenoxy) is 2. The van der Waals surface area contributed by atoms with E-state index in [2.05, 4.69) is 5.32 Å². The van der Waals surface area contributed by atoms with Gasteiger partial charge in [-0.15, -0.1) is 0 Å². The first-order chi connectivity index (χ1) is 13.0. The Balaban J connectivity index is 2.03. The van der Waals surface area contributed by atoms with Crippen molar-refractivity contribution in [2.75, 3.05) is 28.3 Å². The highest BCUT2D eigenvalue weighted by Gasteiger charge is 2.08. The number of carbonyl (C=O) groups excluding carboxylic acids is 2. The quantitative estimate of drug-likeness (QED) is 0.763. The fourth-order valence-corrected chi connectivity index (χ4v) is 2.50. The molecule has 0 saturated heterocycles. The van der Waals surface area contributed by atoms with Gasteiger partial charge in [0.2, 0.25) is 5.91 Å². The van der Waals surface area contributed by atoms with Crippen LogP contribution in [0.1, 0.15) is 21.5 Å². The number of methoxy groups -OCH3 is 2. The lowest BCUT2D eigenvalue weighted by Crippen LogP contribution is -2.24. The predicted molar refractivity (Wildman–Crippen MR) is 105 cm³/mol. The van der Waals surface area contributed by atoms with Gasteiger partial charge in [0.15, 0.2) is 0 Å². The maximum absolute atomic E-state index is 12.4. The lowest BCUT2D eigenvalue weighted by Gasteiger charge is -2.15. The number of hydrogen-bond acceptors (Lipinski definition) is 4. The van der Waals surface area contributed by atoms with Crippen molar-refractivity contribution in [3.8, 4) is 11.5 Å². The molecule has 2 amide bonds. The molecule has 0 aromatic heterocycles. The Morgan fingerprint density at radius 3 is 2.37 bits per heavy atom. The maximum Gasteiger partial charge on any atom is 0.251 e. The molecule has 0 atom stereocenters. The van der Waals surface area contributed by atoms with Crippen LogP contribution in [0.25, 0.3) is 6.08 Å². The van der Waals surface area contributed by atoms with Gasteiger partial charge >= 0.3 is 0 Å². The SMILES string of the molecule is CNC(=O)c1ccc(CN(C)C(=O)/C=C/c2ccc(OC)cc2OC)cc1. The van der Waals surface area contributed by atoms with Crippen molar-refractivity contribution in [2.24, 2.45) is 0 Å². The monoisotopic (exact) mass is 368 g/mol. The highest BCUT2D eigenvalue weighted by atomic mass is 16.5. The van der Waals surface area contributed by atoms with E-state index in [0.29, 0.717) is 23.6 Å². The Kier molecular flexibility index (Phi) is 7.00. The summed E-state index contributed by atoms with van der Waals surface area (Å²) >= 11 is 0. The second-order valence-corrected chi connectivity index (χ2v) is 5.91. The van der Waals surface area contributed by atoms with Gasteiger partial charge in [-0.25, -0.2) is 0 Å². The summed E-state index contributed by atoms with van der Waals surface area (Å²) < 4.78 is 10.5. The summed E-state index contributed by atoms with van der Waals surface area (Å²) in [6.45, 7) is 0.441. The number of likely N-dealkylation sites (N-methyl/N-ethyl adjacent to an activating group) is 1. The zero-order valence-electron chi connectivity index (χ0n) is 16.0. The number of amides is 2. The van der Waals surface area contributed by atoms with Gasteiger partial charge in [-0.05, 0) is 35.9 Å². The number of nitrogens with zero attached hydrogens (tertiary/aromatic N) is 1. The van der Waals surface area contributed by atoms with E-state index in [4.69, 9.17) is 9.47 Å². The minimum atomic E-state index is -0.137. The van der Waals surface area contributed by atoms with Crippen molar-refractivity contribution in [3.63, 3.8) is 0 Å². The highest BCUT2D eigenvalue weighted by molar-refractivity contribution is 5.94. The molecule has 27 heavy (non-hydrogen) atoms. The Morgan fingerprint density at radius 1 is 1.07 bits per heavy atom. The summed E-state index contributed by atoms with van der Waals surface area (Å²) in [5, 5.41) is 2.58. The second-order valence-electron chi connectivity index (χ2n) is 5.91. The minimum Gasteiger partial charge on any atom is -0.497 e. The fourth-order valence-electron chi connectivity index (χ4n) is 2.50. The van der Waals surface area contributed by atoms with Crippen LogP contribution in [-0.4, -0.2) is 45.0 Å². The van der Waals surface area contributed by atoms with Crippen LogP contribution in [0.3, 0.4) is 0 Å². The minimum absolute atomic E-state index is 0.136. The number of nitrogens with one attached hydrogen (secondary N) is 1. The number of rotatable bonds is 7. The van der Waals surface area contributed by atoms with Crippen molar-refractivity contribution in [1.29, 1.82) is 0 Å². The predicted octanol–water partition coefficient (Wildman–Crippen LogP) is 2.74. The molecule has 0 heterocycles. The largest absolute Gasteiger partial charge is 0.497 e. The van der Waals surface area contributed by atoms with Gasteiger partial charge in [-0.2, -0.15) is 0 Å². The fraction of sp³-hybridized carbons (Fsp3) is 0.238. The zero-order valence-corrected chi connectivity index (χ0v) is 16.0. The molecule has 0 saturated carbocycles. The molecular weight excluding hydrogens is 344 g/mol. The van der Waals surface area contributed by atoms with Gasteiger partial charge in [0, 0.05) is 43.9 Å². The lowest BCUT2D eigenvalue weighted by molar-refractivity contribution is -0.125. The maximum atomic E-state index is 12.4. The summed E-state index contributed by atoms with van der Waals surface area (Å²) in [5.41, 5.74) is 2.31. The average Bonchev–Trinajstić information content (AvgIpc) is 2.71. The van der Waals surface area contributed by atoms with E-state index in [1.807, 2.05) is 24.3 Å². The Labute approximate surface area is 159 Å². The van der Waals surface area contributed by atoms with Crippen LogP contribution in [0.4, 0.5) is 0 Å². The van der Waals surface area contributed by atoms with Crippen molar-refractivity contribution >= 4 is 17.9 Å². The van der Waals surface area contributed by atoms with Crippen LogP contribution in [0.5, 0.6) is 11.5 Å².